The van der Waals surface area contributed by atoms with Gasteiger partial charge in [0.25, 0.3) is 11.8 Å². The van der Waals surface area contributed by atoms with Crippen molar-refractivity contribution >= 4 is 69.4 Å². The summed E-state index contributed by atoms with van der Waals surface area (Å²) in [6.45, 7) is 1.82. The number of carbonyl (C=O) groups is 3. The number of hydrogen-bond acceptors (Lipinski definition) is 4. The van der Waals surface area contributed by atoms with E-state index in [1.165, 1.54) is 15.9 Å². The number of carboxylic acid groups (broad SMARTS) is 1. The van der Waals surface area contributed by atoms with Gasteiger partial charge in [0.05, 0.1) is 5.69 Å². The third-order valence-corrected chi connectivity index (χ3v) is 5.81. The second kappa shape index (κ2) is 8.57. The largest absolute Gasteiger partial charge is 0.480 e. The summed E-state index contributed by atoms with van der Waals surface area (Å²) >= 11 is 11.4. The SMILES string of the molecule is CCN1C(=O)/C(=C/c2cn(CC(=O)O)c3ccccc23)C(=O)N(c2ccc(Cl)cc2)C1=S. The number of likely N-dealkylation sites (N-methyl/N-ethyl adjacent to an activating group) is 1. The molecule has 1 fully saturated rings. The molecule has 0 aliphatic carbocycles. The molecule has 0 unspecified atom stereocenters. The predicted octanol–water partition coefficient (Wildman–Crippen LogP) is 3.94. The fourth-order valence-electron chi connectivity index (χ4n) is 3.69. The Morgan fingerprint density at radius 2 is 1.78 bits per heavy atom. The molecule has 32 heavy (non-hydrogen) atoms. The average molecular weight is 468 g/mol. The van der Waals surface area contributed by atoms with Crippen LogP contribution in [0.25, 0.3) is 17.0 Å². The van der Waals surface area contributed by atoms with Gasteiger partial charge in [0, 0.05) is 34.2 Å². The maximum Gasteiger partial charge on any atom is 0.323 e. The third-order valence-electron chi connectivity index (χ3n) is 5.16. The lowest BCUT2D eigenvalue weighted by Gasteiger charge is -2.36. The number of para-hydroxylation sites is 1. The lowest BCUT2D eigenvalue weighted by atomic mass is 10.1. The number of rotatable bonds is 5. The van der Waals surface area contributed by atoms with Crippen molar-refractivity contribution < 1.29 is 19.5 Å². The molecule has 1 aliphatic rings. The molecule has 0 saturated carbocycles. The zero-order valence-corrected chi connectivity index (χ0v) is 18.6. The molecule has 2 amide bonds. The van der Waals surface area contributed by atoms with Crippen molar-refractivity contribution in [2.45, 2.75) is 13.5 Å². The van der Waals surface area contributed by atoms with E-state index in [9.17, 15) is 19.5 Å². The van der Waals surface area contributed by atoms with Gasteiger partial charge in [-0.05, 0) is 55.5 Å². The number of carbonyl (C=O) groups excluding carboxylic acids is 2. The second-order valence-electron chi connectivity index (χ2n) is 7.13. The number of amides is 2. The van der Waals surface area contributed by atoms with E-state index in [4.69, 9.17) is 23.8 Å². The Kier molecular flexibility index (Phi) is 5.82. The summed E-state index contributed by atoms with van der Waals surface area (Å²) in [6, 6.07) is 13.8. The molecule has 1 aromatic heterocycles. The van der Waals surface area contributed by atoms with Gasteiger partial charge in [-0.25, -0.2) is 0 Å². The summed E-state index contributed by atoms with van der Waals surface area (Å²) in [7, 11) is 0. The highest BCUT2D eigenvalue weighted by atomic mass is 35.5. The molecule has 4 rings (SSSR count). The van der Waals surface area contributed by atoms with E-state index in [-0.39, 0.29) is 23.8 Å². The second-order valence-corrected chi connectivity index (χ2v) is 7.93. The van der Waals surface area contributed by atoms with E-state index >= 15 is 0 Å². The average Bonchev–Trinajstić information content (AvgIpc) is 3.10. The van der Waals surface area contributed by atoms with Crippen molar-refractivity contribution in [2.75, 3.05) is 11.4 Å². The van der Waals surface area contributed by atoms with Gasteiger partial charge in [-0.1, -0.05) is 29.8 Å². The minimum absolute atomic E-state index is 0.0615. The summed E-state index contributed by atoms with van der Waals surface area (Å²) in [5.74, 6) is -2.05. The molecular formula is C23H18ClN3O4S. The summed E-state index contributed by atoms with van der Waals surface area (Å²) in [4.78, 5) is 40.5. The van der Waals surface area contributed by atoms with Crippen LogP contribution >= 0.6 is 23.8 Å². The van der Waals surface area contributed by atoms with Crippen LogP contribution < -0.4 is 4.90 Å². The van der Waals surface area contributed by atoms with Crippen LogP contribution in [-0.2, 0) is 20.9 Å². The van der Waals surface area contributed by atoms with Gasteiger partial charge in [0.15, 0.2) is 5.11 Å². The molecule has 1 aliphatic heterocycles. The smallest absolute Gasteiger partial charge is 0.323 e. The zero-order valence-electron chi connectivity index (χ0n) is 17.0. The first kappa shape index (κ1) is 21.7. The maximum atomic E-state index is 13.4. The van der Waals surface area contributed by atoms with E-state index in [1.807, 2.05) is 12.1 Å². The molecular weight excluding hydrogens is 450 g/mol. The van der Waals surface area contributed by atoms with Gasteiger partial charge in [0.1, 0.15) is 12.1 Å². The number of hydrogen-bond donors (Lipinski definition) is 1. The van der Waals surface area contributed by atoms with Crippen molar-refractivity contribution in [3.63, 3.8) is 0 Å². The van der Waals surface area contributed by atoms with Crippen molar-refractivity contribution in [2.24, 2.45) is 0 Å². The maximum absolute atomic E-state index is 13.4. The van der Waals surface area contributed by atoms with E-state index in [1.54, 1.807) is 54.1 Å². The van der Waals surface area contributed by atoms with E-state index in [0.29, 0.717) is 21.8 Å². The van der Waals surface area contributed by atoms with Crippen LogP contribution in [0.3, 0.4) is 0 Å². The van der Waals surface area contributed by atoms with Crippen molar-refractivity contribution in [1.29, 1.82) is 0 Å². The van der Waals surface area contributed by atoms with Gasteiger partial charge in [0.2, 0.25) is 0 Å². The highest BCUT2D eigenvalue weighted by Gasteiger charge is 2.39. The van der Waals surface area contributed by atoms with Gasteiger partial charge in [-0.2, -0.15) is 0 Å². The number of thiocarbonyl (C=S) groups is 1. The Labute approximate surface area is 194 Å². The van der Waals surface area contributed by atoms with Crippen LogP contribution in [0.1, 0.15) is 12.5 Å². The van der Waals surface area contributed by atoms with Gasteiger partial charge >= 0.3 is 5.97 Å². The monoisotopic (exact) mass is 467 g/mol. The summed E-state index contributed by atoms with van der Waals surface area (Å²) in [5.41, 5.74) is 1.69. The molecule has 0 atom stereocenters. The Morgan fingerprint density at radius 1 is 1.09 bits per heavy atom. The first-order valence-corrected chi connectivity index (χ1v) is 10.6. The Morgan fingerprint density at radius 3 is 2.44 bits per heavy atom. The number of halogens is 1. The molecule has 2 heterocycles. The molecule has 3 aromatic rings. The summed E-state index contributed by atoms with van der Waals surface area (Å²) in [6.07, 6.45) is 3.13. The first-order valence-electron chi connectivity index (χ1n) is 9.79. The summed E-state index contributed by atoms with van der Waals surface area (Å²) in [5, 5.41) is 10.6. The molecule has 162 valence electrons. The molecule has 2 aromatic carbocycles. The van der Waals surface area contributed by atoms with Crippen LogP contribution in [0.4, 0.5) is 5.69 Å². The number of benzene rings is 2. The first-order chi connectivity index (χ1) is 15.3. The van der Waals surface area contributed by atoms with Gasteiger partial charge < -0.3 is 9.67 Å². The fourth-order valence-corrected chi connectivity index (χ4v) is 4.22. The van der Waals surface area contributed by atoms with Crippen molar-refractivity contribution in [1.82, 2.24) is 9.47 Å². The van der Waals surface area contributed by atoms with Crippen LogP contribution in [-0.4, -0.2) is 44.0 Å². The Hall–Kier alpha value is -3.49. The van der Waals surface area contributed by atoms with Crippen LogP contribution in [0, 0.1) is 0 Å². The molecule has 1 saturated heterocycles. The van der Waals surface area contributed by atoms with Crippen LogP contribution in [0.2, 0.25) is 5.02 Å². The van der Waals surface area contributed by atoms with E-state index in [2.05, 4.69) is 0 Å². The molecule has 0 spiro atoms. The Balaban J connectivity index is 1.85. The van der Waals surface area contributed by atoms with Gasteiger partial charge in [-0.15, -0.1) is 0 Å². The van der Waals surface area contributed by atoms with Crippen LogP contribution in [0.15, 0.2) is 60.3 Å². The van der Waals surface area contributed by atoms with Crippen LogP contribution in [0.5, 0.6) is 0 Å². The molecule has 0 bridgehead atoms. The quantitative estimate of drug-likeness (QED) is 0.349. The summed E-state index contributed by atoms with van der Waals surface area (Å²) < 4.78 is 1.57. The topological polar surface area (TPSA) is 82.9 Å². The van der Waals surface area contributed by atoms with Gasteiger partial charge in [-0.3, -0.25) is 24.2 Å². The predicted molar refractivity (Wildman–Crippen MR) is 126 cm³/mol. The fraction of sp³-hybridized carbons (Fsp3) is 0.130. The number of anilines is 1. The van der Waals surface area contributed by atoms with E-state index in [0.717, 1.165) is 5.39 Å². The highest BCUT2D eigenvalue weighted by molar-refractivity contribution is 7.80. The third kappa shape index (κ3) is 3.79. The molecule has 1 N–H and O–H groups in total. The lowest BCUT2D eigenvalue weighted by Crippen LogP contribution is -2.56. The Bertz CT molecular complexity index is 1300. The minimum Gasteiger partial charge on any atom is -0.480 e. The molecule has 0 radical (unpaired) electrons. The number of aliphatic carboxylic acids is 1. The molecule has 7 nitrogen and oxygen atoms in total. The van der Waals surface area contributed by atoms with Crippen molar-refractivity contribution in [3.8, 4) is 0 Å². The number of carboxylic acids is 1. The number of aromatic nitrogens is 1. The highest BCUT2D eigenvalue weighted by Crippen LogP contribution is 2.29. The standard InChI is InChI=1S/C23H18ClN3O4S/c1-2-26-21(30)18(22(31)27(23(26)32)16-9-7-15(24)8-10-16)11-14-12-25(13-20(28)29)19-6-4-3-5-17(14)19/h3-12H,2,13H2,1H3,(H,28,29)/b18-11-. The number of fused-ring (bicyclic) bond motifs is 1. The minimum atomic E-state index is -0.994. The normalized spacial score (nSPS) is 15.8. The number of nitrogens with zero attached hydrogens (tertiary/aromatic N) is 3. The molecule has 9 heteroatoms. The van der Waals surface area contributed by atoms with Crippen molar-refractivity contribution in [3.05, 3.63) is 70.9 Å². The lowest BCUT2D eigenvalue weighted by molar-refractivity contribution is -0.137. The zero-order chi connectivity index (χ0) is 23.0. The van der Waals surface area contributed by atoms with E-state index < -0.39 is 17.8 Å².